The molecule has 0 amide bonds. The summed E-state index contributed by atoms with van der Waals surface area (Å²) in [5.41, 5.74) is 6.24. The lowest BCUT2D eigenvalue weighted by atomic mass is 9.72. The maximum atomic E-state index is 6.72. The molecule has 1 aliphatic rings. The summed E-state index contributed by atoms with van der Waals surface area (Å²) in [5, 5.41) is 4.17. The number of nitrogens with zero attached hydrogens (tertiary/aromatic N) is 3. The topological polar surface area (TPSA) is 70.3 Å². The zero-order chi connectivity index (χ0) is 34.0. The standard InChI is InChI=1S/C43H34BN3O3/c1-42(2)43(3,4)50-44(49-42)37-33(24-25-34-32-21-13-14-22-36(32)48-38(34)37)31-23-26-35(30-20-12-11-19-29(30)31)41-46-39(27-15-7-5-8-16-27)45-40(47-41)28-17-9-6-10-18-28/h5-26H,1-4H3. The monoisotopic (exact) mass is 651 g/mol. The summed E-state index contributed by atoms with van der Waals surface area (Å²) in [4.78, 5) is 15.0. The van der Waals surface area contributed by atoms with E-state index in [0.717, 1.165) is 66.0 Å². The molecule has 6 aromatic carbocycles. The maximum Gasteiger partial charge on any atom is 0.499 e. The molecule has 50 heavy (non-hydrogen) atoms. The van der Waals surface area contributed by atoms with Crippen LogP contribution in [0, 0.1) is 0 Å². The Labute approximate surface area is 290 Å². The Kier molecular flexibility index (Phi) is 6.99. The summed E-state index contributed by atoms with van der Waals surface area (Å²) in [6, 6.07) is 45.3. The lowest BCUT2D eigenvalue weighted by molar-refractivity contribution is 0.00578. The third-order valence-corrected chi connectivity index (χ3v) is 10.2. The fourth-order valence-corrected chi connectivity index (χ4v) is 6.90. The van der Waals surface area contributed by atoms with E-state index in [9.17, 15) is 0 Å². The Morgan fingerprint density at radius 1 is 0.440 bits per heavy atom. The van der Waals surface area contributed by atoms with Crippen LogP contribution in [0.25, 0.3) is 78.0 Å². The van der Waals surface area contributed by atoms with Gasteiger partial charge >= 0.3 is 7.12 Å². The maximum absolute atomic E-state index is 6.72. The molecule has 2 aromatic heterocycles. The van der Waals surface area contributed by atoms with E-state index in [1.54, 1.807) is 0 Å². The van der Waals surface area contributed by atoms with Crippen LogP contribution in [-0.4, -0.2) is 33.3 Å². The van der Waals surface area contributed by atoms with Crippen molar-refractivity contribution in [2.75, 3.05) is 0 Å². The van der Waals surface area contributed by atoms with Crippen LogP contribution < -0.4 is 5.46 Å². The summed E-state index contributed by atoms with van der Waals surface area (Å²) >= 11 is 0. The molecular weight excluding hydrogens is 617 g/mol. The normalized spacial score (nSPS) is 15.3. The number of para-hydroxylation sites is 1. The molecule has 9 rings (SSSR count). The van der Waals surface area contributed by atoms with E-state index in [1.807, 2.05) is 78.9 Å². The minimum absolute atomic E-state index is 0.527. The van der Waals surface area contributed by atoms with Gasteiger partial charge in [0.2, 0.25) is 0 Å². The SMILES string of the molecule is CC1(C)OB(c2c(-c3ccc(-c4nc(-c5ccccc5)nc(-c5ccccc5)n4)c4ccccc34)ccc3c2oc2ccccc23)OC1(C)C. The van der Waals surface area contributed by atoms with Crippen molar-refractivity contribution >= 4 is 45.3 Å². The molecule has 0 atom stereocenters. The molecule has 0 unspecified atom stereocenters. The van der Waals surface area contributed by atoms with E-state index in [2.05, 4.69) is 82.3 Å². The Balaban J connectivity index is 1.28. The minimum atomic E-state index is -0.636. The predicted octanol–water partition coefficient (Wildman–Crippen LogP) is 9.89. The van der Waals surface area contributed by atoms with Crippen LogP contribution in [-0.2, 0) is 9.31 Å². The molecule has 242 valence electrons. The molecule has 0 aliphatic carbocycles. The van der Waals surface area contributed by atoms with Crippen LogP contribution in [0.5, 0.6) is 0 Å². The first-order valence-electron chi connectivity index (χ1n) is 17.0. The molecule has 0 radical (unpaired) electrons. The zero-order valence-electron chi connectivity index (χ0n) is 28.3. The third-order valence-electron chi connectivity index (χ3n) is 10.2. The first-order chi connectivity index (χ1) is 24.3. The van der Waals surface area contributed by atoms with Crippen molar-refractivity contribution in [3.8, 4) is 45.3 Å². The summed E-state index contributed by atoms with van der Waals surface area (Å²) in [6.07, 6.45) is 0. The van der Waals surface area contributed by atoms with Crippen molar-refractivity contribution < 1.29 is 13.7 Å². The van der Waals surface area contributed by atoms with Crippen LogP contribution in [0.4, 0.5) is 0 Å². The fourth-order valence-electron chi connectivity index (χ4n) is 6.90. The summed E-state index contributed by atoms with van der Waals surface area (Å²) in [6.45, 7) is 8.32. The number of hydrogen-bond donors (Lipinski definition) is 0. The molecule has 1 aliphatic heterocycles. The highest BCUT2D eigenvalue weighted by Crippen LogP contribution is 2.41. The molecular formula is C43H34BN3O3. The van der Waals surface area contributed by atoms with Gasteiger partial charge in [-0.15, -0.1) is 0 Å². The van der Waals surface area contributed by atoms with Gasteiger partial charge in [-0.25, -0.2) is 15.0 Å². The molecule has 7 heteroatoms. The highest BCUT2D eigenvalue weighted by molar-refractivity contribution is 6.67. The van der Waals surface area contributed by atoms with Crippen LogP contribution in [0.15, 0.2) is 138 Å². The molecule has 8 aromatic rings. The van der Waals surface area contributed by atoms with E-state index in [-0.39, 0.29) is 0 Å². The summed E-state index contributed by atoms with van der Waals surface area (Å²) < 4.78 is 20.1. The van der Waals surface area contributed by atoms with Crippen LogP contribution in [0.1, 0.15) is 27.7 Å². The Bertz CT molecular complexity index is 2490. The highest BCUT2D eigenvalue weighted by Gasteiger charge is 2.53. The molecule has 0 saturated carbocycles. The average Bonchev–Trinajstić information content (AvgIpc) is 3.63. The van der Waals surface area contributed by atoms with Gasteiger partial charge in [0.15, 0.2) is 17.5 Å². The first-order valence-corrected chi connectivity index (χ1v) is 17.0. The number of rotatable bonds is 5. The van der Waals surface area contributed by atoms with Gasteiger partial charge in [-0.3, -0.25) is 0 Å². The van der Waals surface area contributed by atoms with Gasteiger partial charge in [-0.2, -0.15) is 0 Å². The van der Waals surface area contributed by atoms with Crippen molar-refractivity contribution in [3.63, 3.8) is 0 Å². The van der Waals surface area contributed by atoms with Gasteiger partial charge in [0.05, 0.1) is 11.2 Å². The van der Waals surface area contributed by atoms with Gasteiger partial charge < -0.3 is 13.7 Å². The average molecular weight is 652 g/mol. The lowest BCUT2D eigenvalue weighted by Crippen LogP contribution is -2.41. The van der Waals surface area contributed by atoms with Gasteiger partial charge in [0.1, 0.15) is 11.2 Å². The van der Waals surface area contributed by atoms with Crippen molar-refractivity contribution in [2.45, 2.75) is 38.9 Å². The Morgan fingerprint density at radius 3 is 1.54 bits per heavy atom. The van der Waals surface area contributed by atoms with Gasteiger partial charge in [-0.1, -0.05) is 115 Å². The van der Waals surface area contributed by atoms with Crippen LogP contribution in [0.2, 0.25) is 0 Å². The summed E-state index contributed by atoms with van der Waals surface area (Å²) in [7, 11) is -0.636. The van der Waals surface area contributed by atoms with E-state index in [4.69, 9.17) is 28.7 Å². The van der Waals surface area contributed by atoms with E-state index in [1.165, 1.54) is 0 Å². The van der Waals surface area contributed by atoms with Gasteiger partial charge in [-0.05, 0) is 67.8 Å². The van der Waals surface area contributed by atoms with E-state index in [0.29, 0.717) is 17.5 Å². The second-order valence-electron chi connectivity index (χ2n) is 13.8. The fraction of sp³-hybridized carbons (Fsp3) is 0.140. The van der Waals surface area contributed by atoms with Crippen molar-refractivity contribution in [1.29, 1.82) is 0 Å². The van der Waals surface area contributed by atoms with Crippen molar-refractivity contribution in [2.24, 2.45) is 0 Å². The molecule has 0 bridgehead atoms. The van der Waals surface area contributed by atoms with Crippen molar-refractivity contribution in [1.82, 2.24) is 15.0 Å². The minimum Gasteiger partial charge on any atom is -0.456 e. The second-order valence-corrected chi connectivity index (χ2v) is 13.8. The zero-order valence-corrected chi connectivity index (χ0v) is 28.3. The lowest BCUT2D eigenvalue weighted by Gasteiger charge is -2.32. The second kappa shape index (κ2) is 11.5. The number of hydrogen-bond acceptors (Lipinski definition) is 6. The smallest absolute Gasteiger partial charge is 0.456 e. The Morgan fingerprint density at radius 2 is 0.920 bits per heavy atom. The molecule has 1 fully saturated rings. The number of aromatic nitrogens is 3. The molecule has 0 N–H and O–H groups in total. The third kappa shape index (κ3) is 4.92. The molecule has 6 nitrogen and oxygen atoms in total. The Hall–Kier alpha value is -5.63. The molecule has 1 saturated heterocycles. The number of furan rings is 1. The van der Waals surface area contributed by atoms with Crippen LogP contribution in [0.3, 0.4) is 0 Å². The van der Waals surface area contributed by atoms with Gasteiger partial charge in [0.25, 0.3) is 0 Å². The first kappa shape index (κ1) is 30.4. The van der Waals surface area contributed by atoms with Crippen molar-refractivity contribution in [3.05, 3.63) is 133 Å². The predicted molar refractivity (Wildman–Crippen MR) is 202 cm³/mol. The van der Waals surface area contributed by atoms with E-state index >= 15 is 0 Å². The quantitative estimate of drug-likeness (QED) is 0.173. The highest BCUT2D eigenvalue weighted by atomic mass is 16.7. The number of fused-ring (bicyclic) bond motifs is 4. The van der Waals surface area contributed by atoms with Crippen LogP contribution >= 0.6 is 0 Å². The molecule has 0 spiro atoms. The molecule has 3 heterocycles. The number of benzene rings is 6. The van der Waals surface area contributed by atoms with E-state index < -0.39 is 18.3 Å². The largest absolute Gasteiger partial charge is 0.499 e. The summed E-state index contributed by atoms with van der Waals surface area (Å²) in [5.74, 6) is 1.86. The van der Waals surface area contributed by atoms with Gasteiger partial charge in [0, 0.05) is 32.9 Å².